The summed E-state index contributed by atoms with van der Waals surface area (Å²) in [6, 6.07) is 15.7. The van der Waals surface area contributed by atoms with Gasteiger partial charge < -0.3 is 20.1 Å². The monoisotopic (exact) mass is 342 g/mol. The fourth-order valence-corrected chi connectivity index (χ4v) is 2.49. The molecular formula is C20H26N2O3. The molecule has 2 aromatic carbocycles. The van der Waals surface area contributed by atoms with Crippen LogP contribution in [0.15, 0.2) is 48.5 Å². The number of hydrogen-bond acceptors (Lipinski definition) is 4. The zero-order valence-electron chi connectivity index (χ0n) is 15.1. The summed E-state index contributed by atoms with van der Waals surface area (Å²) in [6.45, 7) is 3.15. The molecule has 1 amide bonds. The van der Waals surface area contributed by atoms with Crippen LogP contribution in [0.3, 0.4) is 0 Å². The second-order valence-electron chi connectivity index (χ2n) is 6.09. The third-order valence-electron chi connectivity index (χ3n) is 4.04. The van der Waals surface area contributed by atoms with Gasteiger partial charge in [0.15, 0.2) is 11.5 Å². The Morgan fingerprint density at radius 1 is 1.12 bits per heavy atom. The summed E-state index contributed by atoms with van der Waals surface area (Å²) in [6.07, 6.45) is 0. The van der Waals surface area contributed by atoms with Crippen LogP contribution in [0, 0.1) is 5.92 Å². The summed E-state index contributed by atoms with van der Waals surface area (Å²) in [4.78, 5) is 13.8. The smallest absolute Gasteiger partial charge is 0.226 e. The molecule has 134 valence electrons. The van der Waals surface area contributed by atoms with Crippen LogP contribution in [-0.2, 0) is 17.9 Å². The SMILES string of the molecule is COc1cc(CN(C)C(=O)C(C)CN)ccc1OCc1ccccc1. The number of carbonyl (C=O) groups is 1. The fourth-order valence-electron chi connectivity index (χ4n) is 2.49. The van der Waals surface area contributed by atoms with Crippen molar-refractivity contribution < 1.29 is 14.3 Å². The number of rotatable bonds is 8. The van der Waals surface area contributed by atoms with Gasteiger partial charge in [0.25, 0.3) is 0 Å². The molecule has 0 radical (unpaired) electrons. The maximum atomic E-state index is 12.1. The van der Waals surface area contributed by atoms with Crippen LogP contribution in [0.5, 0.6) is 11.5 Å². The van der Waals surface area contributed by atoms with E-state index in [1.54, 1.807) is 19.1 Å². The Kier molecular flexibility index (Phi) is 6.83. The quantitative estimate of drug-likeness (QED) is 0.801. The number of carbonyl (C=O) groups excluding carboxylic acids is 1. The highest BCUT2D eigenvalue weighted by molar-refractivity contribution is 5.78. The van der Waals surface area contributed by atoms with Crippen molar-refractivity contribution in [3.63, 3.8) is 0 Å². The van der Waals surface area contributed by atoms with Gasteiger partial charge in [-0.2, -0.15) is 0 Å². The Hall–Kier alpha value is -2.53. The van der Waals surface area contributed by atoms with Gasteiger partial charge in [-0.15, -0.1) is 0 Å². The molecule has 0 aromatic heterocycles. The van der Waals surface area contributed by atoms with E-state index < -0.39 is 0 Å². The molecule has 2 rings (SSSR count). The first kappa shape index (κ1) is 18.8. The second-order valence-corrected chi connectivity index (χ2v) is 6.09. The zero-order valence-corrected chi connectivity index (χ0v) is 15.1. The molecule has 0 saturated heterocycles. The number of amides is 1. The summed E-state index contributed by atoms with van der Waals surface area (Å²) in [5.74, 6) is 1.19. The van der Waals surface area contributed by atoms with E-state index in [4.69, 9.17) is 15.2 Å². The zero-order chi connectivity index (χ0) is 18.2. The number of ether oxygens (including phenoxy) is 2. The molecule has 0 aliphatic heterocycles. The lowest BCUT2D eigenvalue weighted by Gasteiger charge is -2.21. The van der Waals surface area contributed by atoms with Gasteiger partial charge in [0, 0.05) is 26.1 Å². The maximum Gasteiger partial charge on any atom is 0.226 e. The largest absolute Gasteiger partial charge is 0.493 e. The lowest BCUT2D eigenvalue weighted by molar-refractivity contribution is -0.133. The van der Waals surface area contributed by atoms with Gasteiger partial charge in [0.05, 0.1) is 7.11 Å². The van der Waals surface area contributed by atoms with E-state index in [9.17, 15) is 4.79 Å². The lowest BCUT2D eigenvalue weighted by Crippen LogP contribution is -2.34. The Labute approximate surface area is 149 Å². The number of nitrogens with zero attached hydrogens (tertiary/aromatic N) is 1. The highest BCUT2D eigenvalue weighted by Gasteiger charge is 2.16. The third kappa shape index (κ3) is 5.22. The van der Waals surface area contributed by atoms with Crippen molar-refractivity contribution in [2.45, 2.75) is 20.1 Å². The van der Waals surface area contributed by atoms with Crippen LogP contribution in [-0.4, -0.2) is 31.5 Å². The predicted molar refractivity (Wildman–Crippen MR) is 98.5 cm³/mol. The minimum Gasteiger partial charge on any atom is -0.493 e. The van der Waals surface area contributed by atoms with Crippen LogP contribution < -0.4 is 15.2 Å². The molecule has 0 saturated carbocycles. The predicted octanol–water partition coefficient (Wildman–Crippen LogP) is 2.83. The summed E-state index contributed by atoms with van der Waals surface area (Å²) < 4.78 is 11.3. The third-order valence-corrected chi connectivity index (χ3v) is 4.04. The van der Waals surface area contributed by atoms with Gasteiger partial charge in [-0.05, 0) is 23.3 Å². The molecule has 5 nitrogen and oxygen atoms in total. The second kappa shape index (κ2) is 9.08. The number of hydrogen-bond donors (Lipinski definition) is 1. The molecule has 2 aromatic rings. The van der Waals surface area contributed by atoms with Crippen LogP contribution in [0.25, 0.3) is 0 Å². The van der Waals surface area contributed by atoms with Crippen molar-refractivity contribution in [2.75, 3.05) is 20.7 Å². The van der Waals surface area contributed by atoms with Gasteiger partial charge in [-0.3, -0.25) is 4.79 Å². The summed E-state index contributed by atoms with van der Waals surface area (Å²) >= 11 is 0. The Morgan fingerprint density at radius 3 is 2.48 bits per heavy atom. The van der Waals surface area contributed by atoms with E-state index in [0.717, 1.165) is 11.1 Å². The first-order chi connectivity index (χ1) is 12.0. The first-order valence-electron chi connectivity index (χ1n) is 8.33. The average molecular weight is 342 g/mol. The standard InChI is InChI=1S/C20H26N2O3/c1-15(12-21)20(23)22(2)13-17-9-10-18(19(11-17)24-3)25-14-16-7-5-4-6-8-16/h4-11,15H,12-14,21H2,1-3H3. The van der Waals surface area contributed by atoms with Gasteiger partial charge in [0.2, 0.25) is 5.91 Å². The fraction of sp³-hybridized carbons (Fsp3) is 0.350. The van der Waals surface area contributed by atoms with Crippen molar-refractivity contribution in [1.82, 2.24) is 4.90 Å². The normalized spacial score (nSPS) is 11.7. The number of benzene rings is 2. The van der Waals surface area contributed by atoms with Gasteiger partial charge in [0.1, 0.15) is 6.61 Å². The summed E-state index contributed by atoms with van der Waals surface area (Å²) in [7, 11) is 3.39. The Bertz CT molecular complexity index is 689. The molecule has 0 aliphatic carbocycles. The van der Waals surface area contributed by atoms with Crippen LogP contribution in [0.4, 0.5) is 0 Å². The van der Waals surface area contributed by atoms with Gasteiger partial charge in [-0.25, -0.2) is 0 Å². The molecule has 0 fully saturated rings. The molecule has 2 N–H and O–H groups in total. The van der Waals surface area contributed by atoms with Crippen molar-refractivity contribution in [3.8, 4) is 11.5 Å². The molecule has 0 bridgehead atoms. The highest BCUT2D eigenvalue weighted by Crippen LogP contribution is 2.29. The molecule has 5 heteroatoms. The van der Waals surface area contributed by atoms with Crippen molar-refractivity contribution in [2.24, 2.45) is 11.7 Å². The minimum absolute atomic E-state index is 0.0332. The molecular weight excluding hydrogens is 316 g/mol. The summed E-state index contributed by atoms with van der Waals surface area (Å²) in [5.41, 5.74) is 7.64. The topological polar surface area (TPSA) is 64.8 Å². The molecule has 1 unspecified atom stereocenters. The van der Waals surface area contributed by atoms with Gasteiger partial charge >= 0.3 is 0 Å². The molecule has 0 spiro atoms. The summed E-state index contributed by atoms with van der Waals surface area (Å²) in [5, 5.41) is 0. The maximum absolute atomic E-state index is 12.1. The average Bonchev–Trinajstić information content (AvgIpc) is 2.66. The van der Waals surface area contributed by atoms with E-state index in [1.807, 2.05) is 55.5 Å². The van der Waals surface area contributed by atoms with Crippen LogP contribution in [0.1, 0.15) is 18.1 Å². The molecule has 0 heterocycles. The molecule has 25 heavy (non-hydrogen) atoms. The van der Waals surface area contributed by atoms with Crippen molar-refractivity contribution in [3.05, 3.63) is 59.7 Å². The molecule has 0 aliphatic rings. The minimum atomic E-state index is -0.180. The van der Waals surface area contributed by atoms with E-state index >= 15 is 0 Å². The Morgan fingerprint density at radius 2 is 1.84 bits per heavy atom. The van der Waals surface area contributed by atoms with E-state index in [1.165, 1.54) is 0 Å². The van der Waals surface area contributed by atoms with Crippen molar-refractivity contribution >= 4 is 5.91 Å². The van der Waals surface area contributed by atoms with Crippen molar-refractivity contribution in [1.29, 1.82) is 0 Å². The lowest BCUT2D eigenvalue weighted by atomic mass is 10.1. The van der Waals surface area contributed by atoms with Gasteiger partial charge in [-0.1, -0.05) is 43.3 Å². The van der Waals surface area contributed by atoms with E-state index in [2.05, 4.69) is 0 Å². The molecule has 1 atom stereocenters. The Balaban J connectivity index is 2.04. The van der Waals surface area contributed by atoms with Crippen LogP contribution in [0.2, 0.25) is 0 Å². The number of nitrogens with two attached hydrogens (primary N) is 1. The van der Waals surface area contributed by atoms with Crippen LogP contribution >= 0.6 is 0 Å². The van der Waals surface area contributed by atoms with E-state index in [0.29, 0.717) is 31.2 Å². The highest BCUT2D eigenvalue weighted by atomic mass is 16.5. The number of methoxy groups -OCH3 is 1. The first-order valence-corrected chi connectivity index (χ1v) is 8.33. The van der Waals surface area contributed by atoms with E-state index in [-0.39, 0.29) is 11.8 Å².